The van der Waals surface area contributed by atoms with Gasteiger partial charge in [0, 0.05) is 112 Å². The third-order valence-electron chi connectivity index (χ3n) is 29.1. The minimum Gasteiger partial charge on any atom is -0.458 e. The van der Waals surface area contributed by atoms with Crippen molar-refractivity contribution in [2.75, 3.05) is 9.80 Å². The molecule has 0 fully saturated rings. The van der Waals surface area contributed by atoms with Crippen LogP contribution in [-0.4, -0.2) is 29.3 Å². The van der Waals surface area contributed by atoms with Crippen molar-refractivity contribution in [3.8, 4) is 125 Å². The lowest BCUT2D eigenvalue weighted by molar-refractivity contribution is 0.464. The molecule has 0 bridgehead atoms. The van der Waals surface area contributed by atoms with Gasteiger partial charge in [-0.15, -0.1) is 0 Å². The normalized spacial score (nSPS) is 12.5. The van der Waals surface area contributed by atoms with Crippen LogP contribution in [0.25, 0.3) is 99.5 Å². The second-order valence-electron chi connectivity index (χ2n) is 37.9. The van der Waals surface area contributed by atoms with Crippen LogP contribution in [0, 0.1) is 27.7 Å². The van der Waals surface area contributed by atoms with E-state index in [0.29, 0.717) is 0 Å². The van der Waals surface area contributed by atoms with Crippen LogP contribution in [0.15, 0.2) is 467 Å². The molecule has 2 aromatic heterocycles. The van der Waals surface area contributed by atoms with Crippen molar-refractivity contribution in [1.82, 2.24) is 9.13 Å². The summed E-state index contributed by atoms with van der Waals surface area (Å²) in [6.45, 7) is 8.50. The number of ether oxygens (including phenoxy) is 6. The average Bonchev–Trinajstić information content (AvgIpc) is 1.02. The molecule has 0 unspecified atom stereocenters. The highest BCUT2D eigenvalue weighted by molar-refractivity contribution is 7.00. The summed E-state index contributed by atoms with van der Waals surface area (Å²) >= 11 is 0. The van der Waals surface area contributed by atoms with E-state index in [2.05, 4.69) is 459 Å². The van der Waals surface area contributed by atoms with Gasteiger partial charge in [0.15, 0.2) is 0 Å². The first-order valence-electron chi connectivity index (χ1n) is 49.0. The van der Waals surface area contributed by atoms with Gasteiger partial charge >= 0.3 is 0 Å². The van der Waals surface area contributed by atoms with Crippen LogP contribution >= 0.6 is 0 Å². The average molecular weight is 1840 g/mol. The van der Waals surface area contributed by atoms with E-state index in [4.69, 9.17) is 28.4 Å². The molecular weight excluding hydrogens is 1750 g/mol. The Kier molecular flexibility index (Phi) is 20.3. The molecule has 6 aliphatic heterocycles. The molecule has 143 heavy (non-hydrogen) atoms. The molecular formula is C130H89B3N4O6. The van der Waals surface area contributed by atoms with Crippen molar-refractivity contribution in [1.29, 1.82) is 0 Å². The zero-order chi connectivity index (χ0) is 95.0. The van der Waals surface area contributed by atoms with E-state index < -0.39 is 0 Å². The maximum atomic E-state index is 7.30. The Bertz CT molecular complexity index is 8620. The molecule has 23 aromatic rings. The number of aromatic nitrogens is 2. The Morgan fingerprint density at radius 2 is 0.476 bits per heavy atom. The van der Waals surface area contributed by atoms with E-state index in [0.717, 1.165) is 186 Å². The summed E-state index contributed by atoms with van der Waals surface area (Å²) in [7, 11) is 0. The molecule has 0 atom stereocenters. The zero-order valence-corrected chi connectivity index (χ0v) is 78.9. The fraction of sp³-hybridized carbons (Fsp3) is 0.0308. The van der Waals surface area contributed by atoms with Crippen molar-refractivity contribution >= 4 is 147 Å². The van der Waals surface area contributed by atoms with E-state index in [1.165, 1.54) is 87.7 Å². The van der Waals surface area contributed by atoms with Crippen LogP contribution in [0.5, 0.6) is 69.0 Å². The number of hydrogen-bond donors (Lipinski definition) is 0. The number of nitrogens with zero attached hydrogens (tertiary/aromatic N) is 4. The molecule has 13 heteroatoms. The molecule has 0 radical (unpaired) electrons. The van der Waals surface area contributed by atoms with E-state index in [1.807, 2.05) is 54.6 Å². The topological polar surface area (TPSA) is 71.7 Å². The first-order valence-corrected chi connectivity index (χ1v) is 49.0. The van der Waals surface area contributed by atoms with Crippen molar-refractivity contribution in [2.24, 2.45) is 0 Å². The summed E-state index contributed by atoms with van der Waals surface area (Å²) in [6, 6.07) is 166. The summed E-state index contributed by atoms with van der Waals surface area (Å²) < 4.78 is 45.0. The maximum Gasteiger partial charge on any atom is 0.260 e. The van der Waals surface area contributed by atoms with Gasteiger partial charge < -0.3 is 47.4 Å². The molecule has 0 saturated carbocycles. The van der Waals surface area contributed by atoms with Crippen molar-refractivity contribution < 1.29 is 28.4 Å². The Hall–Kier alpha value is -18.2. The molecule has 6 aliphatic rings. The van der Waals surface area contributed by atoms with E-state index in [9.17, 15) is 0 Å². The molecule has 0 saturated heterocycles. The lowest BCUT2D eigenvalue weighted by atomic mass is 9.34. The Morgan fingerprint density at radius 3 is 0.902 bits per heavy atom. The number of anilines is 6. The third-order valence-corrected chi connectivity index (χ3v) is 29.1. The molecule has 10 nitrogen and oxygen atoms in total. The van der Waals surface area contributed by atoms with Gasteiger partial charge in [-0.3, -0.25) is 0 Å². The number of rotatable bonds is 12. The fourth-order valence-electron chi connectivity index (χ4n) is 22.3. The summed E-state index contributed by atoms with van der Waals surface area (Å²) in [4.78, 5) is 4.63. The number of aryl methyl sites for hydroxylation is 4. The first kappa shape index (κ1) is 84.1. The van der Waals surface area contributed by atoms with Gasteiger partial charge in [0.2, 0.25) is 0 Å². The minimum atomic E-state index is -0.170. The van der Waals surface area contributed by atoms with Gasteiger partial charge in [0.05, 0.1) is 22.1 Å². The van der Waals surface area contributed by atoms with Crippen molar-refractivity contribution in [3.63, 3.8) is 0 Å². The lowest BCUT2D eigenvalue weighted by Gasteiger charge is -2.37. The highest BCUT2D eigenvalue weighted by Gasteiger charge is 2.46. The number of hydrogen-bond acceptors (Lipinski definition) is 8. The second-order valence-corrected chi connectivity index (χ2v) is 37.9. The van der Waals surface area contributed by atoms with Gasteiger partial charge in [-0.2, -0.15) is 0 Å². The van der Waals surface area contributed by atoms with Gasteiger partial charge in [-0.25, -0.2) is 0 Å². The highest BCUT2D eigenvalue weighted by atomic mass is 16.5. The predicted molar refractivity (Wildman–Crippen MR) is 591 cm³/mol. The second kappa shape index (κ2) is 34.5. The summed E-state index contributed by atoms with van der Waals surface area (Å²) in [5, 5.41) is 5.07. The molecule has 21 aromatic carbocycles. The monoisotopic (exact) mass is 1830 g/mol. The summed E-state index contributed by atoms with van der Waals surface area (Å²) in [5.41, 5.74) is 37.2. The minimum absolute atomic E-state index is 0.0664. The van der Waals surface area contributed by atoms with Gasteiger partial charge in [0.1, 0.15) is 69.0 Å². The molecule has 674 valence electrons. The SMILES string of the molecule is Cc1ccc(N(c2ccc(C)cc2)c2ccc3c(c2)Oc2c(-c4ccccc4)cc(-c4ccccc4)c4c2B3c2ccc(N(c3ccc(C)cc3)c3ccc(C)cc3)cc2O4)cc1.c1ccc2c(c1)Oc1cccc3c1B2c1ccc(-c2ccc(-n4c5ccccc5c5ccccc54)cc2)cc1O3.c1ccc2c(c1)Oc1cccc3c1B2c1cccc(-c2ccc(-n4c5ccccc5c5ccccc54)cc2)c1O3. The molecule has 0 amide bonds. The quantitative estimate of drug-likeness (QED) is 0.112. The predicted octanol–water partition coefficient (Wildman–Crippen LogP) is 28.3. The third kappa shape index (κ3) is 14.4. The van der Waals surface area contributed by atoms with E-state index >= 15 is 0 Å². The van der Waals surface area contributed by atoms with Crippen molar-refractivity contribution in [3.05, 3.63) is 489 Å². The zero-order valence-electron chi connectivity index (χ0n) is 78.9. The smallest absolute Gasteiger partial charge is 0.260 e. The number of para-hydroxylation sites is 7. The lowest BCUT2D eigenvalue weighted by Crippen LogP contribution is -2.57. The maximum absolute atomic E-state index is 7.30. The molecule has 8 heterocycles. The van der Waals surface area contributed by atoms with Gasteiger partial charge in [-0.05, 0) is 246 Å². The first-order chi connectivity index (χ1) is 70.5. The Labute approximate surface area is 830 Å². The van der Waals surface area contributed by atoms with Crippen molar-refractivity contribution in [2.45, 2.75) is 27.7 Å². The Morgan fingerprint density at radius 1 is 0.182 bits per heavy atom. The van der Waals surface area contributed by atoms with Gasteiger partial charge in [-0.1, -0.05) is 320 Å². The van der Waals surface area contributed by atoms with E-state index in [-0.39, 0.29) is 20.1 Å². The summed E-state index contributed by atoms with van der Waals surface area (Å²) in [5.74, 6) is 10.4. The van der Waals surface area contributed by atoms with Gasteiger partial charge in [0.25, 0.3) is 20.1 Å². The molecule has 0 spiro atoms. The van der Waals surface area contributed by atoms with Crippen LogP contribution in [-0.2, 0) is 0 Å². The van der Waals surface area contributed by atoms with Crippen LogP contribution in [0.2, 0.25) is 0 Å². The van der Waals surface area contributed by atoms with Crippen LogP contribution < -0.4 is 87.4 Å². The fourth-order valence-corrected chi connectivity index (χ4v) is 22.3. The summed E-state index contributed by atoms with van der Waals surface area (Å²) in [6.07, 6.45) is 0. The standard InChI is InChI=1S/C58H45BN2O2.2C36H22BNO2/c1-38-15-23-44(24-16-38)60(45-25-17-39(2)18-26-45)48-31-33-52-54(35-48)62-57-50(42-11-7-5-8-12-42)37-51(43-13-9-6-10-14-43)58-56(57)59(52)53-34-32-49(36-55(53)63-58)61(46-27-19-40(3)20-28-46)47-29-21-41(4)22-30-47;1-4-14-30-26(9-1)27-10-2-5-15-31(27)38(30)24-21-19-23(20-22-24)25-11-7-13-29-36(25)40-34-18-8-17-33-35(34)37(29)28-12-3-6-16-32(28)39-33;1-4-11-30-26(8-1)27-9-2-5-12-31(27)38(30)25-19-16-23(17-20-25)24-18-21-29-35(22-24)40-34-15-7-14-33-36(34)37(29)28-10-3-6-13-32(28)39-33/h5-37H,1-4H3;2*1-22H. The van der Waals surface area contributed by atoms with Crippen LogP contribution in [0.1, 0.15) is 22.3 Å². The molecule has 29 rings (SSSR count). The van der Waals surface area contributed by atoms with Crippen LogP contribution in [0.3, 0.4) is 0 Å². The van der Waals surface area contributed by atoms with Crippen LogP contribution in [0.4, 0.5) is 34.1 Å². The Balaban J connectivity index is 0.000000111. The highest BCUT2D eigenvalue weighted by Crippen LogP contribution is 2.51. The largest absolute Gasteiger partial charge is 0.458 e. The molecule has 0 aliphatic carbocycles. The molecule has 0 N–H and O–H groups in total. The number of benzene rings is 21. The number of fused-ring (bicyclic) bond motifs is 18. The van der Waals surface area contributed by atoms with E-state index in [1.54, 1.807) is 0 Å².